The Morgan fingerprint density at radius 3 is 2.75 bits per heavy atom. The predicted octanol–water partition coefficient (Wildman–Crippen LogP) is 4.89. The molecule has 0 bridgehead atoms. The highest BCUT2D eigenvalue weighted by Gasteiger charge is 2.14. The Balaban J connectivity index is 1.49. The Bertz CT molecular complexity index is 799. The minimum Gasteiger partial charge on any atom is -0.351 e. The first-order valence-electron chi connectivity index (χ1n) is 7.60. The molecular weight excluding hydrogens is 360 g/mol. The number of fused-ring (bicyclic) bond motifs is 1. The van der Waals surface area contributed by atoms with Gasteiger partial charge in [-0.05, 0) is 36.8 Å². The average Bonchev–Trinajstić information content (AvgIpc) is 3.01. The Morgan fingerprint density at radius 1 is 1.25 bits per heavy atom. The summed E-state index contributed by atoms with van der Waals surface area (Å²) in [5, 5.41) is 4.59. The number of nitrogens with zero attached hydrogens (tertiary/aromatic N) is 1. The zero-order valence-corrected chi connectivity index (χ0v) is 15.5. The van der Waals surface area contributed by atoms with Crippen LogP contribution in [0.25, 0.3) is 10.2 Å². The highest BCUT2D eigenvalue weighted by atomic mass is 35.5. The van der Waals surface area contributed by atoms with Gasteiger partial charge in [0.15, 0.2) is 0 Å². The summed E-state index contributed by atoms with van der Waals surface area (Å²) in [5.74, 6) is 0.783. The quantitative estimate of drug-likeness (QED) is 0.666. The summed E-state index contributed by atoms with van der Waals surface area (Å²) in [5.41, 5.74) is 2.06. The van der Waals surface area contributed by atoms with Crippen molar-refractivity contribution in [1.29, 1.82) is 0 Å². The van der Waals surface area contributed by atoms with Gasteiger partial charge in [-0.1, -0.05) is 35.9 Å². The van der Waals surface area contributed by atoms with Gasteiger partial charge in [-0.3, -0.25) is 4.79 Å². The van der Waals surface area contributed by atoms with E-state index in [2.05, 4.69) is 16.4 Å². The van der Waals surface area contributed by atoms with Crippen LogP contribution in [0.1, 0.15) is 17.5 Å². The van der Waals surface area contributed by atoms with Crippen molar-refractivity contribution in [3.63, 3.8) is 0 Å². The van der Waals surface area contributed by atoms with Gasteiger partial charge in [0.05, 0.1) is 15.5 Å². The predicted molar refractivity (Wildman–Crippen MR) is 104 cm³/mol. The smallest absolute Gasteiger partial charge is 0.233 e. The number of aromatic nitrogens is 1. The van der Waals surface area contributed by atoms with Crippen LogP contribution in [0, 0.1) is 0 Å². The van der Waals surface area contributed by atoms with E-state index in [1.54, 1.807) is 23.1 Å². The first-order chi connectivity index (χ1) is 11.6. The van der Waals surface area contributed by atoms with Crippen LogP contribution in [0.4, 0.5) is 0 Å². The molecule has 1 amide bonds. The van der Waals surface area contributed by atoms with Crippen molar-refractivity contribution in [1.82, 2.24) is 10.3 Å². The van der Waals surface area contributed by atoms with Gasteiger partial charge < -0.3 is 5.32 Å². The number of hydrogen-bond acceptors (Lipinski definition) is 4. The number of rotatable bonds is 6. The lowest BCUT2D eigenvalue weighted by atomic mass is 10.2. The normalized spacial score (nSPS) is 12.2. The fourth-order valence-corrected chi connectivity index (χ4v) is 4.21. The first kappa shape index (κ1) is 17.3. The maximum Gasteiger partial charge on any atom is 0.233 e. The van der Waals surface area contributed by atoms with Crippen LogP contribution in [0.2, 0.25) is 5.02 Å². The molecule has 2 aromatic carbocycles. The molecule has 0 saturated carbocycles. The molecule has 0 aliphatic heterocycles. The molecule has 0 aliphatic rings. The highest BCUT2D eigenvalue weighted by molar-refractivity contribution is 7.99. The maximum atomic E-state index is 12.2. The number of carbonyl (C=O) groups excluding carboxylic acids is 1. The van der Waals surface area contributed by atoms with Crippen LogP contribution in [-0.2, 0) is 17.1 Å². The average molecular weight is 377 g/mol. The van der Waals surface area contributed by atoms with Crippen molar-refractivity contribution < 1.29 is 4.79 Å². The van der Waals surface area contributed by atoms with E-state index in [0.29, 0.717) is 11.6 Å². The van der Waals surface area contributed by atoms with Gasteiger partial charge >= 0.3 is 0 Å². The summed E-state index contributed by atoms with van der Waals surface area (Å²) >= 11 is 9.15. The summed E-state index contributed by atoms with van der Waals surface area (Å²) in [6.07, 6.45) is 0. The number of nitrogens with one attached hydrogen (secondary N) is 1. The summed E-state index contributed by atoms with van der Waals surface area (Å²) in [6.45, 7) is 2.44. The number of hydrogen-bond donors (Lipinski definition) is 1. The molecule has 0 radical (unpaired) electrons. The Hall–Kier alpha value is -1.56. The number of benzene rings is 2. The fourth-order valence-electron chi connectivity index (χ4n) is 2.19. The molecule has 3 rings (SSSR count). The third-order valence-electron chi connectivity index (χ3n) is 3.54. The van der Waals surface area contributed by atoms with Crippen LogP contribution in [-0.4, -0.2) is 16.1 Å². The van der Waals surface area contributed by atoms with Gasteiger partial charge in [0.1, 0.15) is 5.01 Å². The van der Waals surface area contributed by atoms with Crippen molar-refractivity contribution in [2.45, 2.75) is 24.5 Å². The first-order valence-corrected chi connectivity index (χ1v) is 9.84. The summed E-state index contributed by atoms with van der Waals surface area (Å²) < 4.78 is 1.19. The molecule has 1 heterocycles. The maximum absolute atomic E-state index is 12.2. The van der Waals surface area contributed by atoms with Gasteiger partial charge in [-0.2, -0.15) is 0 Å². The standard InChI is InChI=1S/C18H17ClN2OS2/c1-12(18(22)20-10-13-6-8-14(19)9-7-13)23-11-17-21-15-4-2-3-5-16(15)24-17/h2-9,12H,10-11H2,1H3,(H,20,22). The van der Waals surface area contributed by atoms with E-state index < -0.39 is 0 Å². The van der Waals surface area contributed by atoms with Crippen LogP contribution in [0.5, 0.6) is 0 Å². The zero-order chi connectivity index (χ0) is 16.9. The molecule has 1 unspecified atom stereocenters. The molecule has 6 heteroatoms. The van der Waals surface area contributed by atoms with E-state index in [-0.39, 0.29) is 11.2 Å². The second-order valence-electron chi connectivity index (χ2n) is 5.37. The van der Waals surface area contributed by atoms with Gasteiger partial charge in [0.2, 0.25) is 5.91 Å². The largest absolute Gasteiger partial charge is 0.351 e. The topological polar surface area (TPSA) is 42.0 Å². The van der Waals surface area contributed by atoms with Crippen molar-refractivity contribution in [2.24, 2.45) is 0 Å². The molecular formula is C18H17ClN2OS2. The second kappa shape index (κ2) is 8.01. The van der Waals surface area contributed by atoms with Crippen molar-refractivity contribution in [3.05, 3.63) is 64.1 Å². The summed E-state index contributed by atoms with van der Waals surface area (Å²) in [7, 11) is 0. The fraction of sp³-hybridized carbons (Fsp3) is 0.222. The second-order valence-corrected chi connectivity index (χ2v) is 8.25. The Morgan fingerprint density at radius 2 is 2.00 bits per heavy atom. The van der Waals surface area contributed by atoms with Gasteiger partial charge in [-0.15, -0.1) is 23.1 Å². The van der Waals surface area contributed by atoms with Gasteiger partial charge in [0, 0.05) is 17.3 Å². The van der Waals surface area contributed by atoms with E-state index in [0.717, 1.165) is 21.8 Å². The van der Waals surface area contributed by atoms with Crippen molar-refractivity contribution >= 4 is 50.8 Å². The molecule has 24 heavy (non-hydrogen) atoms. The lowest BCUT2D eigenvalue weighted by Crippen LogP contribution is -2.30. The lowest BCUT2D eigenvalue weighted by Gasteiger charge is -2.11. The summed E-state index contributed by atoms with van der Waals surface area (Å²) in [4.78, 5) is 16.8. The molecule has 1 aromatic heterocycles. The van der Waals surface area contributed by atoms with Crippen molar-refractivity contribution in [3.8, 4) is 0 Å². The van der Waals surface area contributed by atoms with Crippen LogP contribution >= 0.6 is 34.7 Å². The molecule has 0 aliphatic carbocycles. The van der Waals surface area contributed by atoms with E-state index in [1.807, 2.05) is 49.4 Å². The van der Waals surface area contributed by atoms with Gasteiger partial charge in [0.25, 0.3) is 0 Å². The molecule has 1 N–H and O–H groups in total. The zero-order valence-electron chi connectivity index (χ0n) is 13.2. The summed E-state index contributed by atoms with van der Waals surface area (Å²) in [6, 6.07) is 15.6. The monoisotopic (exact) mass is 376 g/mol. The van der Waals surface area contributed by atoms with Crippen LogP contribution < -0.4 is 5.32 Å². The van der Waals surface area contributed by atoms with Crippen LogP contribution in [0.3, 0.4) is 0 Å². The molecule has 0 fully saturated rings. The third-order valence-corrected chi connectivity index (χ3v) is 6.17. The molecule has 124 valence electrons. The van der Waals surface area contributed by atoms with Crippen molar-refractivity contribution in [2.75, 3.05) is 0 Å². The number of thiazole rings is 1. The molecule has 1 atom stereocenters. The van der Waals surface area contributed by atoms with Gasteiger partial charge in [-0.25, -0.2) is 4.98 Å². The lowest BCUT2D eigenvalue weighted by molar-refractivity contribution is -0.120. The van der Waals surface area contributed by atoms with E-state index in [9.17, 15) is 4.79 Å². The van der Waals surface area contributed by atoms with E-state index in [4.69, 9.17) is 11.6 Å². The van der Waals surface area contributed by atoms with E-state index >= 15 is 0 Å². The number of thioether (sulfide) groups is 1. The minimum atomic E-state index is -0.121. The van der Waals surface area contributed by atoms with Crippen LogP contribution in [0.15, 0.2) is 48.5 Å². The third kappa shape index (κ3) is 4.50. The molecule has 3 aromatic rings. The minimum absolute atomic E-state index is 0.0380. The SMILES string of the molecule is CC(SCc1nc2ccccc2s1)C(=O)NCc1ccc(Cl)cc1. The molecule has 3 nitrogen and oxygen atoms in total. The Labute approximate surface area is 154 Å². The number of halogens is 1. The number of amides is 1. The molecule has 0 spiro atoms. The highest BCUT2D eigenvalue weighted by Crippen LogP contribution is 2.26. The Kier molecular flexibility index (Phi) is 5.76. The number of carbonyl (C=O) groups is 1. The van der Waals surface area contributed by atoms with E-state index in [1.165, 1.54) is 4.70 Å². The number of para-hydroxylation sites is 1. The molecule has 0 saturated heterocycles.